The minimum absolute atomic E-state index is 0.103. The van der Waals surface area contributed by atoms with E-state index >= 15 is 0 Å². The third kappa shape index (κ3) is 7.99. The van der Waals surface area contributed by atoms with Gasteiger partial charge in [-0.2, -0.15) is 0 Å². The highest BCUT2D eigenvalue weighted by molar-refractivity contribution is 5.90. The lowest BCUT2D eigenvalue weighted by Gasteiger charge is -2.25. The fraction of sp³-hybridized carbons (Fsp3) is 0.323. The molecule has 40 heavy (non-hydrogen) atoms. The van der Waals surface area contributed by atoms with Crippen LogP contribution in [0.5, 0.6) is 17.2 Å². The molecule has 2 atom stereocenters. The molecule has 9 heteroatoms. The Morgan fingerprint density at radius 1 is 0.975 bits per heavy atom. The molecule has 0 saturated carbocycles. The molecule has 2 aliphatic rings. The third-order valence-corrected chi connectivity index (χ3v) is 6.09. The smallest absolute Gasteiger partial charge is 0.408 e. The topological polar surface area (TPSA) is 112 Å². The Labute approximate surface area is 233 Å². The monoisotopic (exact) mass is 546 g/mol. The van der Waals surface area contributed by atoms with Gasteiger partial charge in [-0.05, 0) is 61.7 Å². The Morgan fingerprint density at radius 3 is 2.35 bits per heavy atom. The van der Waals surface area contributed by atoms with Gasteiger partial charge in [-0.25, -0.2) is 9.59 Å². The largest absolute Gasteiger partial charge is 0.485 e. The van der Waals surface area contributed by atoms with Crippen LogP contribution in [-0.4, -0.2) is 42.8 Å². The number of esters is 1. The van der Waals surface area contributed by atoms with Gasteiger partial charge in [0.25, 0.3) is 0 Å². The van der Waals surface area contributed by atoms with Crippen LogP contribution in [0.15, 0.2) is 72.8 Å². The number of carbonyl (C=O) groups is 3. The number of rotatable bonds is 5. The van der Waals surface area contributed by atoms with Gasteiger partial charge in [0.15, 0.2) is 11.5 Å². The van der Waals surface area contributed by atoms with E-state index in [1.807, 2.05) is 42.5 Å². The molecule has 2 aliphatic heterocycles. The van der Waals surface area contributed by atoms with Crippen molar-refractivity contribution >= 4 is 18.0 Å². The Bertz CT molecular complexity index is 1330. The molecule has 0 spiro atoms. The van der Waals surface area contributed by atoms with E-state index < -0.39 is 35.7 Å². The lowest BCUT2D eigenvalue weighted by Crippen LogP contribution is -2.53. The van der Waals surface area contributed by atoms with Gasteiger partial charge in [0, 0.05) is 12.8 Å². The Morgan fingerprint density at radius 2 is 1.68 bits per heavy atom. The van der Waals surface area contributed by atoms with Crippen LogP contribution in [0.1, 0.15) is 37.5 Å². The summed E-state index contributed by atoms with van der Waals surface area (Å²) < 4.78 is 22.6. The van der Waals surface area contributed by atoms with Crippen molar-refractivity contribution in [2.75, 3.05) is 7.11 Å². The van der Waals surface area contributed by atoms with Crippen LogP contribution in [0, 0.1) is 0 Å². The van der Waals surface area contributed by atoms with E-state index in [1.165, 1.54) is 7.11 Å². The van der Waals surface area contributed by atoms with E-state index in [0.717, 1.165) is 11.1 Å². The van der Waals surface area contributed by atoms with Crippen LogP contribution < -0.4 is 20.1 Å². The van der Waals surface area contributed by atoms with Crippen LogP contribution >= 0.6 is 0 Å². The third-order valence-electron chi connectivity index (χ3n) is 6.09. The summed E-state index contributed by atoms with van der Waals surface area (Å²) in [4.78, 5) is 38.6. The van der Waals surface area contributed by atoms with Gasteiger partial charge in [-0.3, -0.25) is 4.79 Å². The second kappa shape index (κ2) is 12.5. The van der Waals surface area contributed by atoms with Crippen LogP contribution in [-0.2, 0) is 38.5 Å². The van der Waals surface area contributed by atoms with E-state index in [0.29, 0.717) is 29.4 Å². The zero-order chi connectivity index (χ0) is 28.7. The number of carbonyl (C=O) groups excluding carboxylic acids is 3. The SMILES string of the molecule is COC(=O)[C@@H]1Cc2ccc(cc2)Oc2cc(ccc2OCc2ccccc2)C[C@H](NC(=O)OC(C)(C)C)C(=O)N1. The summed E-state index contributed by atoms with van der Waals surface area (Å²) in [7, 11) is 1.26. The molecule has 3 aromatic carbocycles. The van der Waals surface area contributed by atoms with Crippen molar-refractivity contribution < 1.29 is 33.3 Å². The zero-order valence-electron chi connectivity index (χ0n) is 23.1. The van der Waals surface area contributed by atoms with E-state index in [9.17, 15) is 14.4 Å². The van der Waals surface area contributed by atoms with Crippen molar-refractivity contribution in [3.05, 3.63) is 89.5 Å². The second-order valence-corrected chi connectivity index (χ2v) is 10.5. The molecular weight excluding hydrogens is 512 g/mol. The van der Waals surface area contributed by atoms with Gasteiger partial charge in [-0.1, -0.05) is 48.5 Å². The quantitative estimate of drug-likeness (QED) is 0.446. The van der Waals surface area contributed by atoms with Crippen LogP contribution in [0.25, 0.3) is 0 Å². The number of amides is 2. The predicted molar refractivity (Wildman–Crippen MR) is 148 cm³/mol. The highest BCUT2D eigenvalue weighted by atomic mass is 16.6. The Kier molecular flexibility index (Phi) is 8.93. The maximum absolute atomic E-state index is 13.4. The number of benzene rings is 3. The van der Waals surface area contributed by atoms with Gasteiger partial charge in [0.05, 0.1) is 7.11 Å². The fourth-order valence-corrected chi connectivity index (χ4v) is 4.17. The number of hydrogen-bond acceptors (Lipinski definition) is 7. The first-order valence-corrected chi connectivity index (χ1v) is 13.0. The summed E-state index contributed by atoms with van der Waals surface area (Å²) in [6, 6.07) is 20.3. The average molecular weight is 547 g/mol. The maximum atomic E-state index is 13.4. The van der Waals surface area contributed by atoms with E-state index in [2.05, 4.69) is 10.6 Å². The first kappa shape index (κ1) is 28.5. The van der Waals surface area contributed by atoms with Gasteiger partial charge >= 0.3 is 12.1 Å². The first-order valence-electron chi connectivity index (χ1n) is 13.0. The molecule has 0 fully saturated rings. The first-order chi connectivity index (χ1) is 19.1. The summed E-state index contributed by atoms with van der Waals surface area (Å²) in [5, 5.41) is 5.39. The van der Waals surface area contributed by atoms with Gasteiger partial charge < -0.3 is 29.6 Å². The minimum Gasteiger partial charge on any atom is -0.485 e. The van der Waals surface area contributed by atoms with Crippen molar-refractivity contribution in [3.8, 4) is 17.2 Å². The second-order valence-electron chi connectivity index (χ2n) is 10.5. The number of fused-ring (bicyclic) bond motifs is 7. The molecule has 5 rings (SSSR count). The number of hydrogen-bond donors (Lipinski definition) is 2. The standard InChI is InChI=1S/C31H34N2O7/c1-31(2,3)40-30(36)33-24-17-22-12-15-26(38-19-21-8-6-5-7-9-21)27(18-22)39-23-13-10-20(11-14-23)16-25(29(35)37-4)32-28(24)34/h5-15,18,24-25H,16-17,19H2,1-4H3,(H,32,34)(H,33,36)/t24-,25-/m0/s1. The molecule has 2 N–H and O–H groups in total. The lowest BCUT2D eigenvalue weighted by atomic mass is 10.0. The molecule has 2 heterocycles. The summed E-state index contributed by atoms with van der Waals surface area (Å²) in [6.07, 6.45) is -0.460. The highest BCUT2D eigenvalue weighted by Gasteiger charge is 2.30. The maximum Gasteiger partial charge on any atom is 0.408 e. The molecule has 0 radical (unpaired) electrons. The van der Waals surface area contributed by atoms with E-state index in [1.54, 1.807) is 51.1 Å². The molecular formula is C31H34N2O7. The normalized spacial score (nSPS) is 17.1. The van der Waals surface area contributed by atoms with Crippen LogP contribution in [0.3, 0.4) is 0 Å². The molecule has 4 bridgehead atoms. The number of ether oxygens (including phenoxy) is 4. The predicted octanol–water partition coefficient (Wildman–Crippen LogP) is 4.71. The van der Waals surface area contributed by atoms with Crippen LogP contribution in [0.4, 0.5) is 4.79 Å². The Hall–Kier alpha value is -4.53. The molecule has 210 valence electrons. The van der Waals surface area contributed by atoms with Crippen LogP contribution in [0.2, 0.25) is 0 Å². The minimum atomic E-state index is -1.05. The fourth-order valence-electron chi connectivity index (χ4n) is 4.17. The van der Waals surface area contributed by atoms with Gasteiger partial charge in [0.2, 0.25) is 5.91 Å². The Balaban J connectivity index is 1.68. The summed E-state index contributed by atoms with van der Waals surface area (Å²) in [6.45, 7) is 5.54. The van der Waals surface area contributed by atoms with Gasteiger partial charge in [-0.15, -0.1) is 0 Å². The molecule has 0 aromatic heterocycles. The zero-order valence-corrected chi connectivity index (χ0v) is 23.1. The highest BCUT2D eigenvalue weighted by Crippen LogP contribution is 2.34. The van der Waals surface area contributed by atoms with E-state index in [4.69, 9.17) is 18.9 Å². The van der Waals surface area contributed by atoms with Crippen molar-refractivity contribution in [3.63, 3.8) is 0 Å². The van der Waals surface area contributed by atoms with Crippen molar-refractivity contribution in [2.24, 2.45) is 0 Å². The molecule has 0 aliphatic carbocycles. The molecule has 0 unspecified atom stereocenters. The molecule has 0 saturated heterocycles. The summed E-state index contributed by atoms with van der Waals surface area (Å²) in [5.41, 5.74) is 1.72. The average Bonchev–Trinajstić information content (AvgIpc) is 2.91. The van der Waals surface area contributed by atoms with Gasteiger partial charge in [0.1, 0.15) is 30.0 Å². The lowest BCUT2D eigenvalue weighted by molar-refractivity contribution is -0.145. The summed E-state index contributed by atoms with van der Waals surface area (Å²) >= 11 is 0. The molecule has 3 aromatic rings. The number of nitrogens with one attached hydrogen (secondary N) is 2. The molecule has 2 amide bonds. The van der Waals surface area contributed by atoms with Crippen molar-refractivity contribution in [1.29, 1.82) is 0 Å². The summed E-state index contributed by atoms with van der Waals surface area (Å²) in [5.74, 6) is 0.406. The molecule has 9 nitrogen and oxygen atoms in total. The van der Waals surface area contributed by atoms with E-state index in [-0.39, 0.29) is 12.8 Å². The number of alkyl carbamates (subject to hydrolysis) is 1. The van der Waals surface area contributed by atoms with Crippen molar-refractivity contribution in [1.82, 2.24) is 10.6 Å². The number of methoxy groups -OCH3 is 1. The van der Waals surface area contributed by atoms with Crippen molar-refractivity contribution in [2.45, 2.75) is 57.9 Å².